The molecule has 3 aromatic heterocycles. The highest BCUT2D eigenvalue weighted by atomic mass is 32.1. The first kappa shape index (κ1) is 11.2. The Morgan fingerprint density at radius 2 is 2.22 bits per heavy atom. The van der Waals surface area contributed by atoms with Crippen LogP contribution in [0.1, 0.15) is 28.7 Å². The van der Waals surface area contributed by atoms with E-state index in [2.05, 4.69) is 15.3 Å². The average Bonchev–Trinajstić information content (AvgIpc) is 2.92. The van der Waals surface area contributed by atoms with E-state index in [-0.39, 0.29) is 5.78 Å². The van der Waals surface area contributed by atoms with Crippen molar-refractivity contribution in [3.63, 3.8) is 0 Å². The lowest BCUT2D eigenvalue weighted by Crippen LogP contribution is -1.87. The van der Waals surface area contributed by atoms with Crippen molar-refractivity contribution in [2.45, 2.75) is 20.8 Å². The Kier molecular flexibility index (Phi) is 2.34. The number of carbonyl (C=O) groups is 1. The summed E-state index contributed by atoms with van der Waals surface area (Å²) < 4.78 is 1.75. The number of nitrogens with zero attached hydrogens (tertiary/aromatic N) is 3. The molecule has 0 aliphatic rings. The van der Waals surface area contributed by atoms with Crippen LogP contribution in [0.25, 0.3) is 15.3 Å². The average molecular weight is 260 g/mol. The summed E-state index contributed by atoms with van der Waals surface area (Å²) in [6, 6.07) is 0. The van der Waals surface area contributed by atoms with Gasteiger partial charge in [-0.2, -0.15) is 10.2 Å². The van der Waals surface area contributed by atoms with Crippen LogP contribution in [0.5, 0.6) is 0 Å². The number of Topliss-reactive ketones (excluding diaryl/α,β-unsaturated/α-hetero) is 1. The fourth-order valence-corrected chi connectivity index (χ4v) is 3.32. The van der Waals surface area contributed by atoms with Crippen molar-refractivity contribution in [1.29, 1.82) is 0 Å². The first-order chi connectivity index (χ1) is 8.58. The van der Waals surface area contributed by atoms with Gasteiger partial charge >= 0.3 is 0 Å². The molecule has 0 radical (unpaired) electrons. The second-order valence-electron chi connectivity index (χ2n) is 4.27. The minimum Gasteiger partial charge on any atom is -0.294 e. The standard InChI is InChI=1S/C12H12N4OS/c1-6-11(7(2)15-14-6)10-5-16-12(18-10)9(4-13-16)8(3)17/h4-5H,1-3H3,(H,14,15). The van der Waals surface area contributed by atoms with Crippen molar-refractivity contribution in [2.24, 2.45) is 0 Å². The van der Waals surface area contributed by atoms with E-state index >= 15 is 0 Å². The zero-order valence-corrected chi connectivity index (χ0v) is 11.1. The van der Waals surface area contributed by atoms with Gasteiger partial charge in [-0.1, -0.05) is 0 Å². The van der Waals surface area contributed by atoms with Crippen molar-refractivity contribution >= 4 is 22.0 Å². The van der Waals surface area contributed by atoms with Gasteiger partial charge in [0, 0.05) is 17.5 Å². The fraction of sp³-hybridized carbons (Fsp3) is 0.250. The number of H-pyrrole nitrogens is 1. The number of aromatic nitrogens is 4. The predicted molar refractivity (Wildman–Crippen MR) is 70.1 cm³/mol. The molecule has 0 saturated carbocycles. The highest BCUT2D eigenvalue weighted by Crippen LogP contribution is 2.33. The van der Waals surface area contributed by atoms with Crippen LogP contribution in [0.4, 0.5) is 0 Å². The van der Waals surface area contributed by atoms with Crippen LogP contribution in [0.3, 0.4) is 0 Å². The molecule has 3 heterocycles. The molecule has 0 fully saturated rings. The van der Waals surface area contributed by atoms with Crippen molar-refractivity contribution in [3.05, 3.63) is 29.3 Å². The van der Waals surface area contributed by atoms with Gasteiger partial charge in [-0.15, -0.1) is 11.3 Å². The molecule has 3 rings (SSSR count). The lowest BCUT2D eigenvalue weighted by molar-refractivity contribution is 0.101. The molecule has 5 nitrogen and oxygen atoms in total. The van der Waals surface area contributed by atoms with Crippen molar-refractivity contribution in [1.82, 2.24) is 19.8 Å². The SMILES string of the molecule is CC(=O)c1cnn2cc(-c3c(C)n[nH]c3C)sc12. The van der Waals surface area contributed by atoms with Gasteiger partial charge in [-0.3, -0.25) is 9.89 Å². The highest BCUT2D eigenvalue weighted by Gasteiger charge is 2.16. The largest absolute Gasteiger partial charge is 0.294 e. The van der Waals surface area contributed by atoms with Gasteiger partial charge in [-0.05, 0) is 20.8 Å². The number of aromatic amines is 1. The number of ketones is 1. The van der Waals surface area contributed by atoms with Crippen molar-refractivity contribution < 1.29 is 4.79 Å². The summed E-state index contributed by atoms with van der Waals surface area (Å²) in [5.41, 5.74) is 3.76. The summed E-state index contributed by atoms with van der Waals surface area (Å²) in [5.74, 6) is 0.0408. The summed E-state index contributed by atoms with van der Waals surface area (Å²) in [4.78, 5) is 13.4. The molecule has 0 atom stereocenters. The Labute approximate surface area is 107 Å². The third kappa shape index (κ3) is 1.49. The first-order valence-electron chi connectivity index (χ1n) is 5.58. The lowest BCUT2D eigenvalue weighted by Gasteiger charge is -1.94. The predicted octanol–water partition coefficient (Wildman–Crippen LogP) is 2.61. The van der Waals surface area contributed by atoms with E-state index in [4.69, 9.17) is 0 Å². The van der Waals surface area contributed by atoms with E-state index in [1.807, 2.05) is 20.0 Å². The molecule has 0 saturated heterocycles. The number of thiazole rings is 1. The summed E-state index contributed by atoms with van der Waals surface area (Å²) in [7, 11) is 0. The number of hydrogen-bond donors (Lipinski definition) is 1. The number of aryl methyl sites for hydroxylation is 2. The first-order valence-corrected chi connectivity index (χ1v) is 6.39. The molecule has 0 aromatic carbocycles. The van der Waals surface area contributed by atoms with Crippen LogP contribution < -0.4 is 0 Å². The molecule has 92 valence electrons. The van der Waals surface area contributed by atoms with Gasteiger partial charge < -0.3 is 0 Å². The van der Waals surface area contributed by atoms with Gasteiger partial charge in [-0.25, -0.2) is 4.52 Å². The minimum absolute atomic E-state index is 0.0408. The van der Waals surface area contributed by atoms with E-state index in [0.29, 0.717) is 5.56 Å². The summed E-state index contributed by atoms with van der Waals surface area (Å²) >= 11 is 1.56. The second kappa shape index (κ2) is 3.78. The highest BCUT2D eigenvalue weighted by molar-refractivity contribution is 7.21. The molecule has 0 bridgehead atoms. The molecule has 1 N–H and O–H groups in total. The monoisotopic (exact) mass is 260 g/mol. The van der Waals surface area contributed by atoms with Crippen molar-refractivity contribution in [3.8, 4) is 10.4 Å². The van der Waals surface area contributed by atoms with Crippen LogP contribution in [-0.2, 0) is 0 Å². The maximum atomic E-state index is 11.5. The minimum atomic E-state index is 0.0408. The molecule has 3 aromatic rings. The Hall–Kier alpha value is -1.95. The molecule has 0 aliphatic carbocycles. The normalized spacial score (nSPS) is 11.3. The van der Waals surface area contributed by atoms with E-state index in [1.165, 1.54) is 0 Å². The topological polar surface area (TPSA) is 63.1 Å². The third-order valence-corrected chi connectivity index (χ3v) is 4.08. The molecular weight excluding hydrogens is 248 g/mol. The smallest absolute Gasteiger partial charge is 0.164 e. The van der Waals surface area contributed by atoms with Crippen LogP contribution >= 0.6 is 11.3 Å². The maximum absolute atomic E-state index is 11.5. The Morgan fingerprint density at radius 1 is 1.44 bits per heavy atom. The van der Waals surface area contributed by atoms with E-state index in [9.17, 15) is 4.79 Å². The van der Waals surface area contributed by atoms with Crippen molar-refractivity contribution in [2.75, 3.05) is 0 Å². The Morgan fingerprint density at radius 3 is 2.83 bits per heavy atom. The number of fused-ring (bicyclic) bond motifs is 1. The number of nitrogens with one attached hydrogen (secondary N) is 1. The Balaban J connectivity index is 2.23. The fourth-order valence-electron chi connectivity index (χ4n) is 2.06. The number of hydrogen-bond acceptors (Lipinski definition) is 4. The molecule has 0 amide bonds. The molecule has 18 heavy (non-hydrogen) atoms. The number of rotatable bonds is 2. The number of carbonyl (C=O) groups excluding carboxylic acids is 1. The van der Waals surface area contributed by atoms with Gasteiger partial charge in [0.05, 0.1) is 22.3 Å². The van der Waals surface area contributed by atoms with Crippen LogP contribution in [0, 0.1) is 13.8 Å². The molecule has 0 spiro atoms. The third-order valence-electron chi connectivity index (χ3n) is 2.95. The lowest BCUT2D eigenvalue weighted by atomic mass is 10.2. The summed E-state index contributed by atoms with van der Waals surface area (Å²) in [5, 5.41) is 11.4. The molecule has 0 aliphatic heterocycles. The van der Waals surface area contributed by atoms with E-state index < -0.39 is 0 Å². The van der Waals surface area contributed by atoms with E-state index in [0.717, 1.165) is 26.7 Å². The van der Waals surface area contributed by atoms with Gasteiger partial charge in [0.25, 0.3) is 0 Å². The maximum Gasteiger partial charge on any atom is 0.164 e. The van der Waals surface area contributed by atoms with Crippen LogP contribution in [0.15, 0.2) is 12.4 Å². The van der Waals surface area contributed by atoms with Gasteiger partial charge in [0.2, 0.25) is 0 Å². The van der Waals surface area contributed by atoms with E-state index in [1.54, 1.807) is 29.0 Å². The van der Waals surface area contributed by atoms with Crippen LogP contribution in [-0.4, -0.2) is 25.6 Å². The second-order valence-corrected chi connectivity index (χ2v) is 5.30. The van der Waals surface area contributed by atoms with Gasteiger partial charge in [0.1, 0.15) is 4.83 Å². The molecular formula is C12H12N4OS. The molecule has 6 heteroatoms. The zero-order chi connectivity index (χ0) is 12.9. The van der Waals surface area contributed by atoms with Crippen LogP contribution in [0.2, 0.25) is 0 Å². The summed E-state index contributed by atoms with van der Waals surface area (Å²) in [6.07, 6.45) is 3.56. The zero-order valence-electron chi connectivity index (χ0n) is 10.3. The quantitative estimate of drug-likeness (QED) is 0.720. The summed E-state index contributed by atoms with van der Waals surface area (Å²) in [6.45, 7) is 5.52. The molecule has 0 unspecified atom stereocenters. The Bertz CT molecular complexity index is 730. The van der Waals surface area contributed by atoms with Gasteiger partial charge in [0.15, 0.2) is 5.78 Å².